The molecular weight excluding hydrogens is 254 g/mol. The number of carboxylic acids is 1. The summed E-state index contributed by atoms with van der Waals surface area (Å²) >= 11 is 1.47. The van der Waals surface area contributed by atoms with E-state index >= 15 is 0 Å². The van der Waals surface area contributed by atoms with Crippen LogP contribution in [0.1, 0.15) is 24.3 Å². The number of amides is 2. The number of thiazole rings is 1. The van der Waals surface area contributed by atoms with Crippen LogP contribution in [0.4, 0.5) is 4.79 Å². The zero-order chi connectivity index (χ0) is 13.0. The molecule has 1 aliphatic carbocycles. The Morgan fingerprint density at radius 2 is 2.33 bits per heavy atom. The summed E-state index contributed by atoms with van der Waals surface area (Å²) in [6, 6.07) is -0.595. The maximum Gasteiger partial charge on any atom is 0.315 e. The minimum absolute atomic E-state index is 0.0185. The van der Waals surface area contributed by atoms with Gasteiger partial charge in [0.05, 0.1) is 13.0 Å². The molecule has 6 nitrogen and oxygen atoms in total. The van der Waals surface area contributed by atoms with Gasteiger partial charge in [-0.05, 0) is 18.8 Å². The van der Waals surface area contributed by atoms with Crippen molar-refractivity contribution in [3.05, 3.63) is 16.6 Å². The van der Waals surface area contributed by atoms with E-state index in [1.807, 2.05) is 5.38 Å². The van der Waals surface area contributed by atoms with E-state index in [0.29, 0.717) is 12.5 Å². The second kappa shape index (κ2) is 5.81. The van der Waals surface area contributed by atoms with Gasteiger partial charge in [-0.3, -0.25) is 4.79 Å². The molecule has 2 rings (SSSR count). The monoisotopic (exact) mass is 269 g/mol. The van der Waals surface area contributed by atoms with Crippen molar-refractivity contribution in [3.63, 3.8) is 0 Å². The number of carboxylic acid groups (broad SMARTS) is 1. The second-order valence-electron chi connectivity index (χ2n) is 4.29. The zero-order valence-electron chi connectivity index (χ0n) is 9.76. The molecule has 0 radical (unpaired) electrons. The van der Waals surface area contributed by atoms with E-state index in [2.05, 4.69) is 15.6 Å². The molecule has 1 aromatic rings. The molecule has 1 heterocycles. The van der Waals surface area contributed by atoms with Gasteiger partial charge in [-0.1, -0.05) is 0 Å². The van der Waals surface area contributed by atoms with Crippen LogP contribution in [0.5, 0.6) is 0 Å². The molecule has 18 heavy (non-hydrogen) atoms. The van der Waals surface area contributed by atoms with Gasteiger partial charge in [0.15, 0.2) is 0 Å². The highest BCUT2D eigenvalue weighted by molar-refractivity contribution is 7.09. The van der Waals surface area contributed by atoms with Gasteiger partial charge in [0.25, 0.3) is 0 Å². The van der Waals surface area contributed by atoms with E-state index in [-0.39, 0.29) is 18.5 Å². The van der Waals surface area contributed by atoms with Gasteiger partial charge < -0.3 is 15.7 Å². The highest BCUT2D eigenvalue weighted by Crippen LogP contribution is 2.33. The largest absolute Gasteiger partial charge is 0.481 e. The van der Waals surface area contributed by atoms with Crippen molar-refractivity contribution in [2.24, 2.45) is 5.92 Å². The van der Waals surface area contributed by atoms with E-state index in [4.69, 9.17) is 5.11 Å². The molecule has 1 unspecified atom stereocenters. The van der Waals surface area contributed by atoms with Crippen molar-refractivity contribution in [1.29, 1.82) is 0 Å². The molecule has 1 aliphatic rings. The lowest BCUT2D eigenvalue weighted by Crippen LogP contribution is -2.43. The summed E-state index contributed by atoms with van der Waals surface area (Å²) in [5.74, 6) is -0.571. The van der Waals surface area contributed by atoms with Gasteiger partial charge in [0.1, 0.15) is 5.01 Å². The number of aromatic nitrogens is 1. The molecule has 0 spiro atoms. The van der Waals surface area contributed by atoms with Crippen LogP contribution in [0.15, 0.2) is 11.6 Å². The molecule has 0 saturated heterocycles. The Balaban J connectivity index is 1.76. The average molecular weight is 269 g/mol. The fourth-order valence-corrected chi connectivity index (χ4v) is 2.29. The Kier molecular flexibility index (Phi) is 4.14. The lowest BCUT2D eigenvalue weighted by molar-refractivity contribution is -0.137. The van der Waals surface area contributed by atoms with Gasteiger partial charge >= 0.3 is 12.0 Å². The van der Waals surface area contributed by atoms with Crippen molar-refractivity contribution in [1.82, 2.24) is 15.6 Å². The predicted molar refractivity (Wildman–Crippen MR) is 66.3 cm³/mol. The lowest BCUT2D eigenvalue weighted by Gasteiger charge is -2.16. The number of rotatable bonds is 6. The topological polar surface area (TPSA) is 91.3 Å². The minimum atomic E-state index is -0.882. The normalized spacial score (nSPS) is 16.0. The molecule has 0 bridgehead atoms. The Morgan fingerprint density at radius 1 is 1.56 bits per heavy atom. The first kappa shape index (κ1) is 12.8. The quantitative estimate of drug-likeness (QED) is 0.723. The number of hydrogen-bond donors (Lipinski definition) is 3. The summed E-state index contributed by atoms with van der Waals surface area (Å²) < 4.78 is 0. The molecule has 3 N–H and O–H groups in total. The van der Waals surface area contributed by atoms with Crippen molar-refractivity contribution in [3.8, 4) is 0 Å². The lowest BCUT2D eigenvalue weighted by atomic mass is 10.1. The third-order valence-corrected chi connectivity index (χ3v) is 3.57. The average Bonchev–Trinajstić information content (AvgIpc) is 3.02. The van der Waals surface area contributed by atoms with E-state index in [9.17, 15) is 9.59 Å². The summed E-state index contributed by atoms with van der Waals surface area (Å²) in [4.78, 5) is 26.4. The first-order valence-electron chi connectivity index (χ1n) is 5.79. The molecule has 7 heteroatoms. The van der Waals surface area contributed by atoms with Crippen molar-refractivity contribution in [2.75, 3.05) is 0 Å². The third-order valence-electron chi connectivity index (χ3n) is 2.79. The molecular formula is C11H15N3O3S. The molecule has 1 atom stereocenters. The van der Waals surface area contributed by atoms with Gasteiger partial charge in [-0.2, -0.15) is 0 Å². The number of urea groups is 1. The van der Waals surface area contributed by atoms with Gasteiger partial charge in [0, 0.05) is 17.6 Å². The number of carbonyl (C=O) groups is 2. The molecule has 0 aromatic carbocycles. The van der Waals surface area contributed by atoms with Crippen LogP contribution in [0.3, 0.4) is 0 Å². The van der Waals surface area contributed by atoms with Crippen molar-refractivity contribution >= 4 is 23.3 Å². The first-order chi connectivity index (χ1) is 8.65. The van der Waals surface area contributed by atoms with Gasteiger partial charge in [-0.25, -0.2) is 9.78 Å². The van der Waals surface area contributed by atoms with E-state index in [0.717, 1.165) is 17.8 Å². The molecule has 98 valence electrons. The van der Waals surface area contributed by atoms with Gasteiger partial charge in [-0.15, -0.1) is 11.3 Å². The second-order valence-corrected chi connectivity index (χ2v) is 5.27. The van der Waals surface area contributed by atoms with E-state index in [1.54, 1.807) is 6.20 Å². The summed E-state index contributed by atoms with van der Waals surface area (Å²) in [6.45, 7) is 0.369. The van der Waals surface area contributed by atoms with Gasteiger partial charge in [0.2, 0.25) is 0 Å². The van der Waals surface area contributed by atoms with Crippen LogP contribution in [0.25, 0.3) is 0 Å². The van der Waals surface area contributed by atoms with Crippen LogP contribution in [-0.2, 0) is 11.3 Å². The van der Waals surface area contributed by atoms with Crippen LogP contribution in [0.2, 0.25) is 0 Å². The van der Waals surface area contributed by atoms with Crippen LogP contribution >= 0.6 is 11.3 Å². The van der Waals surface area contributed by atoms with E-state index in [1.165, 1.54) is 11.3 Å². The molecule has 1 aromatic heterocycles. The molecule has 2 amide bonds. The number of nitrogens with zero attached hydrogens (tertiary/aromatic N) is 1. The highest BCUT2D eigenvalue weighted by atomic mass is 32.1. The number of aliphatic carboxylic acids is 1. The third kappa shape index (κ3) is 3.99. The minimum Gasteiger partial charge on any atom is -0.481 e. The fourth-order valence-electron chi connectivity index (χ4n) is 1.74. The Morgan fingerprint density at radius 3 is 2.89 bits per heavy atom. The number of carbonyl (C=O) groups excluding carboxylic acids is 1. The Labute approximate surface area is 108 Å². The maximum absolute atomic E-state index is 11.6. The van der Waals surface area contributed by atoms with Crippen molar-refractivity contribution < 1.29 is 14.7 Å². The zero-order valence-corrected chi connectivity index (χ0v) is 10.6. The fraction of sp³-hybridized carbons (Fsp3) is 0.545. The molecule has 1 fully saturated rings. The summed E-state index contributed by atoms with van der Waals surface area (Å²) in [5, 5.41) is 16.8. The summed E-state index contributed by atoms with van der Waals surface area (Å²) in [7, 11) is 0. The first-order valence-corrected chi connectivity index (χ1v) is 6.67. The highest BCUT2D eigenvalue weighted by Gasteiger charge is 2.33. The van der Waals surface area contributed by atoms with Crippen molar-refractivity contribution in [2.45, 2.75) is 31.8 Å². The molecule has 1 saturated carbocycles. The summed E-state index contributed by atoms with van der Waals surface area (Å²) in [5.41, 5.74) is 0. The van der Waals surface area contributed by atoms with E-state index < -0.39 is 5.97 Å². The Bertz CT molecular complexity index is 417. The van der Waals surface area contributed by atoms with Crippen LogP contribution in [-0.4, -0.2) is 28.1 Å². The summed E-state index contributed by atoms with van der Waals surface area (Å²) in [6.07, 6.45) is 3.64. The predicted octanol–water partition coefficient (Wildman–Crippen LogP) is 1.20. The van der Waals surface area contributed by atoms with Crippen LogP contribution in [0, 0.1) is 5.92 Å². The Hall–Kier alpha value is -1.63. The number of hydrogen-bond acceptors (Lipinski definition) is 4. The standard InChI is InChI=1S/C11H15N3O3S/c15-10(16)5-8(7-1-2-7)14-11(17)13-6-9-12-3-4-18-9/h3-4,7-8H,1-2,5-6H2,(H,15,16)(H2,13,14,17). The maximum atomic E-state index is 11.6. The number of nitrogens with one attached hydrogen (secondary N) is 2. The van der Waals surface area contributed by atoms with Crippen LogP contribution < -0.4 is 10.6 Å². The smallest absolute Gasteiger partial charge is 0.315 e. The SMILES string of the molecule is O=C(O)CC(NC(=O)NCc1nccs1)C1CC1. The molecule has 0 aliphatic heterocycles.